The van der Waals surface area contributed by atoms with Crippen molar-refractivity contribution in [3.8, 4) is 23.0 Å². The van der Waals surface area contributed by atoms with Crippen LogP contribution in [0.2, 0.25) is 0 Å². The predicted molar refractivity (Wildman–Crippen MR) is 97.9 cm³/mol. The molecule has 0 aliphatic heterocycles. The topological polar surface area (TPSA) is 94.7 Å². The maximum Gasteiger partial charge on any atom is 0.331 e. The van der Waals surface area contributed by atoms with Crippen LogP contribution in [0.4, 0.5) is 4.39 Å². The van der Waals surface area contributed by atoms with Gasteiger partial charge >= 0.3 is 5.97 Å². The number of carbonyl (C=O) groups is 1. The summed E-state index contributed by atoms with van der Waals surface area (Å²) in [4.78, 5) is 12.0. The molecule has 3 aromatic rings. The molecule has 144 valence electrons. The molecule has 1 aromatic heterocycles. The third kappa shape index (κ3) is 4.53. The molecule has 0 saturated carbocycles. The highest BCUT2D eigenvalue weighted by Crippen LogP contribution is 2.27. The molecule has 0 unspecified atom stereocenters. The zero-order valence-corrected chi connectivity index (χ0v) is 15.1. The number of carbonyl (C=O) groups excluding carboxylic acids is 1. The molecule has 28 heavy (non-hydrogen) atoms. The molecule has 0 aliphatic carbocycles. The Labute approximate surface area is 160 Å². The number of aromatic hydroxyl groups is 1. The van der Waals surface area contributed by atoms with E-state index in [-0.39, 0.29) is 23.3 Å². The van der Waals surface area contributed by atoms with Crippen LogP contribution < -0.4 is 4.74 Å². The highest BCUT2D eigenvalue weighted by atomic mass is 19.1. The summed E-state index contributed by atoms with van der Waals surface area (Å²) >= 11 is 0. The SMILES string of the molecule is COc1cc(/C=C/C(=O)O[C@H](C)c2nnc(-c3ccc(F)cc3)o2)ccc1O. The minimum Gasteiger partial charge on any atom is -0.504 e. The van der Waals surface area contributed by atoms with Gasteiger partial charge in [0.05, 0.1) is 7.11 Å². The second-order valence-electron chi connectivity index (χ2n) is 5.80. The number of ether oxygens (including phenoxy) is 2. The highest BCUT2D eigenvalue weighted by Gasteiger charge is 2.18. The third-order valence-corrected chi connectivity index (χ3v) is 3.79. The van der Waals surface area contributed by atoms with Gasteiger partial charge in [0.1, 0.15) is 5.82 Å². The first kappa shape index (κ1) is 19.1. The van der Waals surface area contributed by atoms with Crippen LogP contribution in [0.1, 0.15) is 24.5 Å². The summed E-state index contributed by atoms with van der Waals surface area (Å²) in [7, 11) is 1.43. The van der Waals surface area contributed by atoms with Gasteiger partial charge < -0.3 is 19.0 Å². The number of benzene rings is 2. The van der Waals surface area contributed by atoms with Gasteiger partial charge in [-0.1, -0.05) is 6.07 Å². The fraction of sp³-hybridized carbons (Fsp3) is 0.150. The number of halogens is 1. The molecular formula is C20H17FN2O5. The summed E-state index contributed by atoms with van der Waals surface area (Å²) in [5, 5.41) is 17.3. The number of methoxy groups -OCH3 is 1. The quantitative estimate of drug-likeness (QED) is 0.509. The molecule has 0 amide bonds. The van der Waals surface area contributed by atoms with E-state index in [9.17, 15) is 14.3 Å². The van der Waals surface area contributed by atoms with Gasteiger partial charge in [0.25, 0.3) is 5.89 Å². The van der Waals surface area contributed by atoms with E-state index >= 15 is 0 Å². The molecule has 0 fully saturated rings. The van der Waals surface area contributed by atoms with Gasteiger partial charge in [-0.15, -0.1) is 10.2 Å². The first-order valence-corrected chi connectivity index (χ1v) is 8.31. The summed E-state index contributed by atoms with van der Waals surface area (Å²) in [6.07, 6.45) is 1.99. The van der Waals surface area contributed by atoms with Crippen molar-refractivity contribution in [2.24, 2.45) is 0 Å². The van der Waals surface area contributed by atoms with Crippen LogP contribution in [0.25, 0.3) is 17.5 Å². The summed E-state index contributed by atoms with van der Waals surface area (Å²) in [5.41, 5.74) is 1.20. The summed E-state index contributed by atoms with van der Waals surface area (Å²) in [5.74, 6) is -0.367. The van der Waals surface area contributed by atoms with Crippen LogP contribution >= 0.6 is 0 Å². The molecule has 0 saturated heterocycles. The molecule has 1 N–H and O–H groups in total. The van der Waals surface area contributed by atoms with E-state index in [2.05, 4.69) is 10.2 Å². The van der Waals surface area contributed by atoms with E-state index in [1.54, 1.807) is 19.1 Å². The van der Waals surface area contributed by atoms with E-state index in [1.165, 1.54) is 49.6 Å². The van der Waals surface area contributed by atoms with E-state index in [0.29, 0.717) is 16.9 Å². The third-order valence-electron chi connectivity index (χ3n) is 3.79. The zero-order chi connectivity index (χ0) is 20.1. The monoisotopic (exact) mass is 384 g/mol. The van der Waals surface area contributed by atoms with Crippen molar-refractivity contribution < 1.29 is 28.2 Å². The highest BCUT2D eigenvalue weighted by molar-refractivity contribution is 5.87. The number of esters is 1. The van der Waals surface area contributed by atoms with E-state index in [1.807, 2.05) is 0 Å². The van der Waals surface area contributed by atoms with Crippen molar-refractivity contribution in [3.63, 3.8) is 0 Å². The number of hydrogen-bond donors (Lipinski definition) is 1. The van der Waals surface area contributed by atoms with E-state index < -0.39 is 12.1 Å². The molecule has 3 rings (SSSR count). The lowest BCUT2D eigenvalue weighted by Crippen LogP contribution is -2.06. The van der Waals surface area contributed by atoms with E-state index in [4.69, 9.17) is 13.9 Å². The zero-order valence-electron chi connectivity index (χ0n) is 15.1. The maximum absolute atomic E-state index is 13.0. The Balaban J connectivity index is 1.63. The molecule has 0 radical (unpaired) electrons. The van der Waals surface area contributed by atoms with Crippen molar-refractivity contribution in [2.45, 2.75) is 13.0 Å². The standard InChI is InChI=1S/C20H17FN2O5/c1-12(19-22-23-20(28-19)14-5-7-15(21)8-6-14)27-18(25)10-4-13-3-9-16(24)17(11-13)26-2/h3-12,24H,1-2H3/b10-4+/t12-/m1/s1. The first-order chi connectivity index (χ1) is 13.5. The minimum atomic E-state index is -0.770. The van der Waals surface area contributed by atoms with Crippen LogP contribution in [0.15, 0.2) is 53.0 Å². The Kier molecular flexibility index (Phi) is 5.69. The summed E-state index contributed by atoms with van der Waals surface area (Å²) in [6, 6.07) is 10.3. The van der Waals surface area contributed by atoms with Gasteiger partial charge in [-0.25, -0.2) is 9.18 Å². The molecule has 2 aromatic carbocycles. The molecule has 8 heteroatoms. The van der Waals surface area contributed by atoms with Crippen molar-refractivity contribution >= 4 is 12.0 Å². The predicted octanol–water partition coefficient (Wildman–Crippen LogP) is 3.91. The number of phenols is 1. The Bertz CT molecular complexity index is 998. The maximum atomic E-state index is 13.0. The smallest absolute Gasteiger partial charge is 0.331 e. The minimum absolute atomic E-state index is 0.00389. The number of rotatable bonds is 6. The van der Waals surface area contributed by atoms with Gasteiger partial charge in [0.15, 0.2) is 17.6 Å². The molecule has 0 bridgehead atoms. The summed E-state index contributed by atoms with van der Waals surface area (Å²) < 4.78 is 28.7. The molecule has 7 nitrogen and oxygen atoms in total. The number of hydrogen-bond acceptors (Lipinski definition) is 7. The fourth-order valence-corrected chi connectivity index (χ4v) is 2.33. The Morgan fingerprint density at radius 2 is 1.96 bits per heavy atom. The van der Waals surface area contributed by atoms with Crippen molar-refractivity contribution in [3.05, 3.63) is 65.8 Å². The molecule has 0 aliphatic rings. The van der Waals surface area contributed by atoms with Crippen molar-refractivity contribution in [2.75, 3.05) is 7.11 Å². The number of nitrogens with zero attached hydrogens (tertiary/aromatic N) is 2. The molecule has 0 spiro atoms. The van der Waals surface area contributed by atoms with Crippen molar-refractivity contribution in [1.29, 1.82) is 0 Å². The Hall–Kier alpha value is -3.68. The average Bonchev–Trinajstić information content (AvgIpc) is 3.18. The Morgan fingerprint density at radius 1 is 1.21 bits per heavy atom. The largest absolute Gasteiger partial charge is 0.504 e. The van der Waals surface area contributed by atoms with Crippen LogP contribution in [-0.4, -0.2) is 28.4 Å². The second kappa shape index (κ2) is 8.34. The van der Waals surface area contributed by atoms with Gasteiger partial charge in [0, 0.05) is 11.6 Å². The van der Waals surface area contributed by atoms with Crippen LogP contribution in [0.3, 0.4) is 0 Å². The van der Waals surface area contributed by atoms with Crippen LogP contribution in [-0.2, 0) is 9.53 Å². The van der Waals surface area contributed by atoms with Crippen LogP contribution in [0, 0.1) is 5.82 Å². The number of aromatic nitrogens is 2. The van der Waals surface area contributed by atoms with E-state index in [0.717, 1.165) is 0 Å². The average molecular weight is 384 g/mol. The van der Waals surface area contributed by atoms with Gasteiger partial charge in [-0.3, -0.25) is 0 Å². The number of phenolic OH excluding ortho intramolecular Hbond substituents is 1. The lowest BCUT2D eigenvalue weighted by atomic mass is 10.2. The van der Waals surface area contributed by atoms with Crippen molar-refractivity contribution in [1.82, 2.24) is 10.2 Å². The fourth-order valence-electron chi connectivity index (χ4n) is 2.33. The normalized spacial score (nSPS) is 12.1. The molecule has 1 heterocycles. The molecular weight excluding hydrogens is 367 g/mol. The van der Waals surface area contributed by atoms with Gasteiger partial charge in [-0.05, 0) is 55.0 Å². The second-order valence-corrected chi connectivity index (χ2v) is 5.80. The lowest BCUT2D eigenvalue weighted by Gasteiger charge is -2.07. The lowest BCUT2D eigenvalue weighted by molar-refractivity contribution is -0.143. The Morgan fingerprint density at radius 3 is 2.68 bits per heavy atom. The van der Waals surface area contributed by atoms with Crippen LogP contribution in [0.5, 0.6) is 11.5 Å². The van der Waals surface area contributed by atoms with Gasteiger partial charge in [0.2, 0.25) is 5.89 Å². The molecule has 1 atom stereocenters. The first-order valence-electron chi connectivity index (χ1n) is 8.31. The van der Waals surface area contributed by atoms with Gasteiger partial charge in [-0.2, -0.15) is 0 Å². The summed E-state index contributed by atoms with van der Waals surface area (Å²) in [6.45, 7) is 1.59.